The average molecular weight is 303 g/mol. The molecule has 0 atom stereocenters. The Bertz CT molecular complexity index is 510. The topological polar surface area (TPSA) is 85.1 Å². The number of alkyl halides is 3. The number of halogens is 3. The minimum Gasteiger partial charge on any atom is -0.312 e. The molecule has 0 radical (unpaired) electrons. The third-order valence-corrected chi connectivity index (χ3v) is 3.78. The van der Waals surface area contributed by atoms with Crippen LogP contribution in [0.25, 0.3) is 0 Å². The van der Waals surface area contributed by atoms with E-state index in [0.29, 0.717) is 17.9 Å². The Hall–Kier alpha value is -0.710. The molecule has 0 unspecified atom stereocenters. The Morgan fingerprint density at radius 2 is 2.06 bits per heavy atom. The van der Waals surface area contributed by atoms with Crippen LogP contribution in [0.4, 0.5) is 13.2 Å². The van der Waals surface area contributed by atoms with Gasteiger partial charge in [-0.2, -0.15) is 13.2 Å². The second-order valence-corrected chi connectivity index (χ2v) is 6.25. The second-order valence-electron chi connectivity index (χ2n) is 3.46. The van der Waals surface area contributed by atoms with Crippen molar-refractivity contribution in [3.05, 3.63) is 15.6 Å². The van der Waals surface area contributed by atoms with Gasteiger partial charge in [0.25, 0.3) is 0 Å². The summed E-state index contributed by atoms with van der Waals surface area (Å²) in [6, 6.07) is 0. The lowest BCUT2D eigenvalue weighted by Gasteiger charge is -2.05. The summed E-state index contributed by atoms with van der Waals surface area (Å²) in [4.78, 5) is 3.28. The minimum absolute atomic E-state index is 0.00632. The van der Waals surface area contributed by atoms with Gasteiger partial charge in [0, 0.05) is 6.54 Å². The lowest BCUT2D eigenvalue weighted by atomic mass is 10.3. The number of primary sulfonamides is 1. The normalized spacial score (nSPS) is 12.9. The van der Waals surface area contributed by atoms with Gasteiger partial charge < -0.3 is 5.32 Å². The van der Waals surface area contributed by atoms with Crippen molar-refractivity contribution in [2.75, 3.05) is 6.54 Å². The Kier molecular flexibility index (Phi) is 4.70. The van der Waals surface area contributed by atoms with Crippen LogP contribution in [-0.2, 0) is 28.5 Å². The van der Waals surface area contributed by atoms with Gasteiger partial charge in [0.05, 0.1) is 4.88 Å². The molecule has 0 saturated heterocycles. The zero-order valence-electron chi connectivity index (χ0n) is 9.41. The van der Waals surface area contributed by atoms with Gasteiger partial charge in [-0.15, -0.1) is 11.3 Å². The molecule has 10 heteroatoms. The maximum Gasteiger partial charge on any atom is 0.434 e. The van der Waals surface area contributed by atoms with Crippen molar-refractivity contribution < 1.29 is 21.6 Å². The number of nitrogens with one attached hydrogen (secondary N) is 1. The van der Waals surface area contributed by atoms with Crippen LogP contribution in [-0.4, -0.2) is 19.9 Å². The van der Waals surface area contributed by atoms with Crippen LogP contribution in [0.2, 0.25) is 0 Å². The zero-order chi connectivity index (χ0) is 14.0. The molecule has 18 heavy (non-hydrogen) atoms. The highest BCUT2D eigenvalue weighted by molar-refractivity contribution is 7.88. The van der Waals surface area contributed by atoms with E-state index in [1.165, 1.54) is 0 Å². The van der Waals surface area contributed by atoms with Crippen molar-refractivity contribution in [2.24, 2.45) is 5.14 Å². The van der Waals surface area contributed by atoms with Crippen LogP contribution < -0.4 is 10.5 Å². The first kappa shape index (κ1) is 15.3. The van der Waals surface area contributed by atoms with E-state index < -0.39 is 27.6 Å². The molecule has 104 valence electrons. The number of hydrogen-bond donors (Lipinski definition) is 2. The van der Waals surface area contributed by atoms with E-state index in [1.54, 1.807) is 6.92 Å². The van der Waals surface area contributed by atoms with Crippen LogP contribution in [0.15, 0.2) is 0 Å². The first-order valence-electron chi connectivity index (χ1n) is 4.90. The first-order valence-corrected chi connectivity index (χ1v) is 7.43. The van der Waals surface area contributed by atoms with Crippen LogP contribution in [0.3, 0.4) is 0 Å². The summed E-state index contributed by atoms with van der Waals surface area (Å²) in [7, 11) is -3.89. The fraction of sp³-hybridized carbons (Fsp3) is 0.625. The Morgan fingerprint density at radius 3 is 2.50 bits per heavy atom. The summed E-state index contributed by atoms with van der Waals surface area (Å²) in [5.74, 6) is -0.688. The lowest BCUT2D eigenvalue weighted by Crippen LogP contribution is -2.16. The summed E-state index contributed by atoms with van der Waals surface area (Å²) >= 11 is 0.700. The molecule has 1 rings (SSSR count). The summed E-state index contributed by atoms with van der Waals surface area (Å²) < 4.78 is 59.6. The molecule has 0 aromatic carbocycles. The van der Waals surface area contributed by atoms with Crippen LogP contribution in [0.5, 0.6) is 0 Å². The van der Waals surface area contributed by atoms with Gasteiger partial charge in [-0.05, 0) is 6.54 Å². The van der Waals surface area contributed by atoms with Gasteiger partial charge in [0.1, 0.15) is 10.8 Å². The van der Waals surface area contributed by atoms with Crippen molar-refractivity contribution >= 4 is 21.4 Å². The molecule has 3 N–H and O–H groups in total. The predicted molar refractivity (Wildman–Crippen MR) is 61.3 cm³/mol. The highest BCUT2D eigenvalue weighted by Crippen LogP contribution is 2.34. The Morgan fingerprint density at radius 1 is 1.44 bits per heavy atom. The number of sulfonamides is 1. The standard InChI is InChI=1S/C8H12F3N3O2S2/c1-2-13-3-5-7(8(9,10)11)14-6(17-5)4-18(12,15)16/h13H,2-4H2,1H3,(H2,12,15,16). The fourth-order valence-corrected chi connectivity index (χ4v) is 3.20. The van der Waals surface area contributed by atoms with Crippen molar-refractivity contribution in [3.63, 3.8) is 0 Å². The molecule has 0 aliphatic carbocycles. The molecule has 0 aliphatic heterocycles. The second kappa shape index (κ2) is 5.51. The molecular weight excluding hydrogens is 291 g/mol. The lowest BCUT2D eigenvalue weighted by molar-refractivity contribution is -0.141. The molecule has 0 saturated carbocycles. The number of nitrogens with two attached hydrogens (primary N) is 1. The van der Waals surface area contributed by atoms with E-state index >= 15 is 0 Å². The van der Waals surface area contributed by atoms with Gasteiger partial charge in [0.2, 0.25) is 10.0 Å². The average Bonchev–Trinajstić information content (AvgIpc) is 2.54. The molecule has 1 aromatic heterocycles. The minimum atomic E-state index is -4.60. The van der Waals surface area contributed by atoms with E-state index in [9.17, 15) is 21.6 Å². The largest absolute Gasteiger partial charge is 0.434 e. The fourth-order valence-electron chi connectivity index (χ4n) is 1.21. The molecule has 5 nitrogen and oxygen atoms in total. The highest BCUT2D eigenvalue weighted by atomic mass is 32.2. The number of nitrogens with zero attached hydrogens (tertiary/aromatic N) is 1. The van der Waals surface area contributed by atoms with E-state index in [1.807, 2.05) is 0 Å². The summed E-state index contributed by atoms with van der Waals surface area (Å²) in [6.45, 7) is 2.24. The van der Waals surface area contributed by atoms with E-state index in [0.717, 1.165) is 0 Å². The van der Waals surface area contributed by atoms with Gasteiger partial charge in [0.15, 0.2) is 5.69 Å². The van der Waals surface area contributed by atoms with Gasteiger partial charge in [-0.1, -0.05) is 6.92 Å². The van der Waals surface area contributed by atoms with E-state index in [4.69, 9.17) is 5.14 Å². The highest BCUT2D eigenvalue weighted by Gasteiger charge is 2.37. The molecular formula is C8H12F3N3O2S2. The molecule has 1 aromatic rings. The quantitative estimate of drug-likeness (QED) is 0.852. The third kappa shape index (κ3) is 4.52. The van der Waals surface area contributed by atoms with Crippen molar-refractivity contribution in [1.82, 2.24) is 10.3 Å². The number of thiazole rings is 1. The SMILES string of the molecule is CCNCc1sc(CS(N)(=O)=O)nc1C(F)(F)F. The van der Waals surface area contributed by atoms with Gasteiger partial charge in [-0.25, -0.2) is 18.5 Å². The van der Waals surface area contributed by atoms with Gasteiger partial charge in [-0.3, -0.25) is 0 Å². The first-order chi connectivity index (χ1) is 8.13. The van der Waals surface area contributed by atoms with Crippen LogP contribution in [0, 0.1) is 0 Å². The van der Waals surface area contributed by atoms with E-state index in [2.05, 4.69) is 10.3 Å². The molecule has 0 aliphatic rings. The van der Waals surface area contributed by atoms with Crippen LogP contribution in [0.1, 0.15) is 22.5 Å². The van der Waals surface area contributed by atoms with E-state index in [-0.39, 0.29) is 16.4 Å². The third-order valence-electron chi connectivity index (χ3n) is 1.87. The Balaban J connectivity index is 3.07. The van der Waals surface area contributed by atoms with Gasteiger partial charge >= 0.3 is 6.18 Å². The summed E-state index contributed by atoms with van der Waals surface area (Å²) in [5.41, 5.74) is -1.05. The van der Waals surface area contributed by atoms with Crippen molar-refractivity contribution in [1.29, 1.82) is 0 Å². The smallest absolute Gasteiger partial charge is 0.312 e. The number of hydrogen-bond acceptors (Lipinski definition) is 5. The number of rotatable bonds is 5. The van der Waals surface area contributed by atoms with Crippen molar-refractivity contribution in [2.45, 2.75) is 25.4 Å². The number of aromatic nitrogens is 1. The molecule has 1 heterocycles. The zero-order valence-corrected chi connectivity index (χ0v) is 11.0. The maximum atomic E-state index is 12.7. The molecule has 0 spiro atoms. The monoisotopic (exact) mass is 303 g/mol. The maximum absolute atomic E-state index is 12.7. The Labute approximate surface area is 106 Å². The molecule has 0 bridgehead atoms. The molecule has 0 fully saturated rings. The summed E-state index contributed by atoms with van der Waals surface area (Å²) in [6.07, 6.45) is -4.60. The van der Waals surface area contributed by atoms with Crippen molar-refractivity contribution in [3.8, 4) is 0 Å². The summed E-state index contributed by atoms with van der Waals surface area (Å²) in [5, 5.41) is 7.37. The van der Waals surface area contributed by atoms with Crippen LogP contribution >= 0.6 is 11.3 Å². The predicted octanol–water partition coefficient (Wildman–Crippen LogP) is 1.06. The molecule has 0 amide bonds.